The van der Waals surface area contributed by atoms with E-state index in [1.165, 1.54) is 23.9 Å². The third-order valence-corrected chi connectivity index (χ3v) is 6.01. The molecule has 3 rings (SSSR count). The number of likely N-dealkylation sites (N-methyl/N-ethyl adjacent to an activating group) is 1. The van der Waals surface area contributed by atoms with Crippen LogP contribution in [0, 0.1) is 0 Å². The Morgan fingerprint density at radius 1 is 1.34 bits per heavy atom. The second-order valence-electron chi connectivity index (χ2n) is 6.54. The molecule has 1 amide bonds. The lowest BCUT2D eigenvalue weighted by Crippen LogP contribution is -2.28. The molecule has 166 valence electrons. The van der Waals surface area contributed by atoms with E-state index in [1.807, 2.05) is 13.0 Å². The number of methoxy groups -OCH3 is 1. The van der Waals surface area contributed by atoms with Crippen LogP contribution in [-0.2, 0) is 4.79 Å². The highest BCUT2D eigenvalue weighted by atomic mass is 79.9. The third kappa shape index (κ3) is 5.23. The topological polar surface area (TPSA) is 88.4 Å². The highest BCUT2D eigenvalue weighted by Gasteiger charge is 2.32. The average Bonchev–Trinajstić information content (AvgIpc) is 3.06. The number of aliphatic imine (C=N–C) groups is 1. The number of ether oxygens (including phenoxy) is 2. The summed E-state index contributed by atoms with van der Waals surface area (Å²) in [7, 11) is 1.55. The van der Waals surface area contributed by atoms with Gasteiger partial charge in [-0.2, -0.15) is 0 Å². The standard InChI is InChI=1S/C23H21BrN2O5S/c1-4-9-31-20-17(24)10-14(11-18(20)30-3)12-19-21(27)26(5-2)23(32-19)25-16-8-6-7-15(13-16)22(28)29/h4,6-8,10-13H,1,5,9H2,2-3H3,(H,28,29)/b19-12+,25-23?. The molecule has 7 nitrogen and oxygen atoms in total. The molecule has 0 spiro atoms. The van der Waals surface area contributed by atoms with Crippen molar-refractivity contribution in [3.63, 3.8) is 0 Å². The van der Waals surface area contributed by atoms with Crippen LogP contribution in [0.2, 0.25) is 0 Å². The first kappa shape index (κ1) is 23.6. The molecule has 9 heteroatoms. The van der Waals surface area contributed by atoms with Crippen LogP contribution in [0.4, 0.5) is 5.69 Å². The van der Waals surface area contributed by atoms with E-state index >= 15 is 0 Å². The summed E-state index contributed by atoms with van der Waals surface area (Å²) >= 11 is 4.72. The zero-order valence-corrected chi connectivity index (χ0v) is 19.9. The van der Waals surface area contributed by atoms with Gasteiger partial charge < -0.3 is 14.6 Å². The van der Waals surface area contributed by atoms with Gasteiger partial charge in [-0.05, 0) is 76.6 Å². The summed E-state index contributed by atoms with van der Waals surface area (Å²) in [6.07, 6.45) is 3.40. The molecular formula is C23H21BrN2O5S. The molecule has 1 fully saturated rings. The maximum Gasteiger partial charge on any atom is 0.335 e. The SMILES string of the molecule is C=CCOc1c(Br)cc(/C=C2/SC(=Nc3cccc(C(=O)O)c3)N(CC)C2=O)cc1OC. The van der Waals surface area contributed by atoms with Crippen LogP contribution in [0.15, 0.2) is 63.4 Å². The summed E-state index contributed by atoms with van der Waals surface area (Å²) in [6.45, 7) is 6.27. The minimum atomic E-state index is -1.03. The molecule has 1 heterocycles. The van der Waals surface area contributed by atoms with Gasteiger partial charge in [0.05, 0.1) is 27.7 Å². The fourth-order valence-electron chi connectivity index (χ4n) is 2.95. The second kappa shape index (κ2) is 10.5. The Labute approximate surface area is 198 Å². The first-order chi connectivity index (χ1) is 15.4. The van der Waals surface area contributed by atoms with Gasteiger partial charge in [-0.25, -0.2) is 9.79 Å². The van der Waals surface area contributed by atoms with Crippen molar-refractivity contribution in [3.05, 3.63) is 69.6 Å². The molecule has 0 saturated carbocycles. The van der Waals surface area contributed by atoms with E-state index in [-0.39, 0.29) is 11.5 Å². The molecule has 0 unspecified atom stereocenters. The summed E-state index contributed by atoms with van der Waals surface area (Å²) in [5, 5.41) is 9.68. The van der Waals surface area contributed by atoms with E-state index in [0.29, 0.717) is 44.9 Å². The number of amides is 1. The summed E-state index contributed by atoms with van der Waals surface area (Å²) in [5.41, 5.74) is 1.35. The molecule has 1 N–H and O–H groups in total. The quantitative estimate of drug-likeness (QED) is 0.376. The Morgan fingerprint density at radius 3 is 2.78 bits per heavy atom. The van der Waals surface area contributed by atoms with Crippen molar-refractivity contribution in [2.45, 2.75) is 6.92 Å². The Hall–Kier alpha value is -3.04. The van der Waals surface area contributed by atoms with Crippen LogP contribution in [0.1, 0.15) is 22.8 Å². The average molecular weight is 517 g/mol. The number of benzene rings is 2. The number of carbonyl (C=O) groups is 2. The predicted octanol–water partition coefficient (Wildman–Crippen LogP) is 5.34. The predicted molar refractivity (Wildman–Crippen MR) is 130 cm³/mol. The van der Waals surface area contributed by atoms with Crippen molar-refractivity contribution in [1.82, 2.24) is 4.90 Å². The lowest BCUT2D eigenvalue weighted by Gasteiger charge is -2.13. The van der Waals surface area contributed by atoms with Crippen LogP contribution in [-0.4, -0.2) is 47.3 Å². The molecule has 32 heavy (non-hydrogen) atoms. The first-order valence-corrected chi connectivity index (χ1v) is 11.2. The van der Waals surface area contributed by atoms with Gasteiger partial charge in [-0.3, -0.25) is 9.69 Å². The second-order valence-corrected chi connectivity index (χ2v) is 8.41. The van der Waals surface area contributed by atoms with E-state index in [2.05, 4.69) is 27.5 Å². The number of rotatable bonds is 8. The number of halogens is 1. The zero-order chi connectivity index (χ0) is 23.3. The summed E-state index contributed by atoms with van der Waals surface area (Å²) in [4.78, 5) is 30.7. The first-order valence-electron chi connectivity index (χ1n) is 9.62. The third-order valence-electron chi connectivity index (χ3n) is 4.42. The number of amidine groups is 1. The van der Waals surface area contributed by atoms with Crippen molar-refractivity contribution in [2.75, 3.05) is 20.3 Å². The van der Waals surface area contributed by atoms with Gasteiger partial charge in [-0.15, -0.1) is 0 Å². The van der Waals surface area contributed by atoms with Crippen LogP contribution in [0.5, 0.6) is 11.5 Å². The molecule has 2 aromatic carbocycles. The number of hydrogen-bond acceptors (Lipinski definition) is 6. The molecule has 1 aliphatic heterocycles. The Balaban J connectivity index is 1.95. The number of carboxylic acid groups (broad SMARTS) is 1. The Bertz CT molecular complexity index is 1130. The maximum atomic E-state index is 12.9. The van der Waals surface area contributed by atoms with Gasteiger partial charge in [0.2, 0.25) is 0 Å². The van der Waals surface area contributed by atoms with E-state index in [4.69, 9.17) is 9.47 Å². The Morgan fingerprint density at radius 2 is 2.12 bits per heavy atom. The smallest absolute Gasteiger partial charge is 0.335 e. The van der Waals surface area contributed by atoms with Crippen molar-refractivity contribution >= 4 is 56.5 Å². The molecule has 0 atom stereocenters. The lowest BCUT2D eigenvalue weighted by atomic mass is 10.2. The van der Waals surface area contributed by atoms with Gasteiger partial charge in [0, 0.05) is 6.54 Å². The molecule has 0 aromatic heterocycles. The number of aromatic carboxylic acids is 1. The fraction of sp³-hybridized carbons (Fsp3) is 0.174. The van der Waals surface area contributed by atoms with E-state index in [0.717, 1.165) is 5.56 Å². The molecule has 0 bridgehead atoms. The van der Waals surface area contributed by atoms with Gasteiger partial charge in [0.15, 0.2) is 16.7 Å². The van der Waals surface area contributed by atoms with Gasteiger partial charge in [0.1, 0.15) is 6.61 Å². The van der Waals surface area contributed by atoms with Crippen molar-refractivity contribution < 1.29 is 24.2 Å². The van der Waals surface area contributed by atoms with E-state index < -0.39 is 5.97 Å². The van der Waals surface area contributed by atoms with Gasteiger partial charge in [0.25, 0.3) is 5.91 Å². The minimum Gasteiger partial charge on any atom is -0.493 e. The lowest BCUT2D eigenvalue weighted by molar-refractivity contribution is -0.122. The number of hydrogen-bond donors (Lipinski definition) is 1. The fourth-order valence-corrected chi connectivity index (χ4v) is 4.58. The number of carboxylic acids is 1. The van der Waals surface area contributed by atoms with Crippen LogP contribution in [0.3, 0.4) is 0 Å². The summed E-state index contributed by atoms with van der Waals surface area (Å²) < 4.78 is 11.8. The van der Waals surface area contributed by atoms with Crippen LogP contribution < -0.4 is 9.47 Å². The van der Waals surface area contributed by atoms with Crippen LogP contribution in [0.25, 0.3) is 6.08 Å². The molecular weight excluding hydrogens is 496 g/mol. The minimum absolute atomic E-state index is 0.135. The van der Waals surface area contributed by atoms with Crippen molar-refractivity contribution in [1.29, 1.82) is 0 Å². The van der Waals surface area contributed by atoms with Crippen LogP contribution >= 0.6 is 27.7 Å². The Kier molecular flexibility index (Phi) is 7.76. The van der Waals surface area contributed by atoms with Gasteiger partial charge in [-0.1, -0.05) is 18.7 Å². The molecule has 0 radical (unpaired) electrons. The zero-order valence-electron chi connectivity index (χ0n) is 17.5. The van der Waals surface area contributed by atoms with Crippen molar-refractivity contribution in [3.8, 4) is 11.5 Å². The molecule has 2 aromatic rings. The van der Waals surface area contributed by atoms with E-state index in [9.17, 15) is 14.7 Å². The summed E-state index contributed by atoms with van der Waals surface area (Å²) in [5.74, 6) is -0.131. The van der Waals surface area contributed by atoms with Gasteiger partial charge >= 0.3 is 5.97 Å². The number of thioether (sulfide) groups is 1. The number of carbonyl (C=O) groups excluding carboxylic acids is 1. The maximum absolute atomic E-state index is 12.9. The molecule has 0 aliphatic carbocycles. The number of nitrogens with zero attached hydrogens (tertiary/aromatic N) is 2. The highest BCUT2D eigenvalue weighted by Crippen LogP contribution is 2.39. The normalized spacial score (nSPS) is 16.0. The van der Waals surface area contributed by atoms with E-state index in [1.54, 1.807) is 42.4 Å². The molecule has 1 aliphatic rings. The molecule has 1 saturated heterocycles. The summed E-state index contributed by atoms with van der Waals surface area (Å²) in [6, 6.07) is 9.91. The highest BCUT2D eigenvalue weighted by molar-refractivity contribution is 9.10. The van der Waals surface area contributed by atoms with Crippen molar-refractivity contribution in [2.24, 2.45) is 4.99 Å². The largest absolute Gasteiger partial charge is 0.493 e. The monoisotopic (exact) mass is 516 g/mol.